The van der Waals surface area contributed by atoms with Gasteiger partial charge in [-0.3, -0.25) is 4.79 Å². The maximum Gasteiger partial charge on any atom is 0.288 e. The summed E-state index contributed by atoms with van der Waals surface area (Å²) >= 11 is 6.89. The van der Waals surface area contributed by atoms with E-state index < -0.39 is 11.4 Å². The second-order valence-corrected chi connectivity index (χ2v) is 8.45. The molecule has 1 aliphatic rings. The summed E-state index contributed by atoms with van der Waals surface area (Å²) in [4.78, 5) is 14.5. The summed E-state index contributed by atoms with van der Waals surface area (Å²) in [5, 5.41) is 16.5. The van der Waals surface area contributed by atoms with Crippen LogP contribution in [0.15, 0.2) is 53.3 Å². The van der Waals surface area contributed by atoms with Gasteiger partial charge >= 0.3 is 0 Å². The second-order valence-electron chi connectivity index (χ2n) is 8.10. The smallest absolute Gasteiger partial charge is 0.288 e. The molecule has 1 saturated heterocycles. The van der Waals surface area contributed by atoms with Gasteiger partial charge in [0.05, 0.1) is 11.4 Å². The lowest BCUT2D eigenvalue weighted by Crippen LogP contribution is -2.34. The minimum Gasteiger partial charge on any atom is -0.454 e. The van der Waals surface area contributed by atoms with Gasteiger partial charge in [-0.25, -0.2) is 9.49 Å². The summed E-state index contributed by atoms with van der Waals surface area (Å²) in [6.07, 6.45) is 3.74. The van der Waals surface area contributed by atoms with E-state index in [2.05, 4.69) is 16.4 Å². The number of aromatic amines is 1. The number of likely N-dealkylation sites (tertiary alicyclic amines) is 1. The molecule has 0 spiro atoms. The molecule has 3 heterocycles. The molecule has 1 aliphatic heterocycles. The average molecular weight is 479 g/mol. The summed E-state index contributed by atoms with van der Waals surface area (Å²) in [6.45, 7) is 1.11. The standard InChI is InChI=1S/C24H20ClFN6O2/c25-22-19(14-7-9-16(10-8-14)34-18-6-2-1-5-17(18)26)20-21(24(33)30-29-23(20)28)32(22)15-4-3-11-31(12-15)13-27/h1-2,5-10,15H,3-4,11-12H2,(H2,28,29)(H,30,33). The highest BCUT2D eigenvalue weighted by Gasteiger charge is 2.29. The van der Waals surface area contributed by atoms with Crippen molar-refractivity contribution in [3.05, 3.63) is 69.9 Å². The molecule has 3 N–H and O–H groups in total. The number of anilines is 1. The number of nitrogens with two attached hydrogens (primary N) is 1. The lowest BCUT2D eigenvalue weighted by Gasteiger charge is -2.30. The molecule has 2 aromatic carbocycles. The van der Waals surface area contributed by atoms with Crippen molar-refractivity contribution in [1.29, 1.82) is 5.26 Å². The van der Waals surface area contributed by atoms with Crippen molar-refractivity contribution in [2.24, 2.45) is 0 Å². The first-order valence-electron chi connectivity index (χ1n) is 10.7. The van der Waals surface area contributed by atoms with Gasteiger partial charge in [0, 0.05) is 18.7 Å². The fraction of sp³-hybridized carbons (Fsp3) is 0.208. The lowest BCUT2D eigenvalue weighted by atomic mass is 10.1. The zero-order chi connectivity index (χ0) is 23.8. The van der Waals surface area contributed by atoms with Crippen LogP contribution in [0, 0.1) is 17.3 Å². The maximum absolute atomic E-state index is 13.9. The van der Waals surface area contributed by atoms with Crippen LogP contribution in [0.5, 0.6) is 11.5 Å². The molecular weight excluding hydrogens is 459 g/mol. The van der Waals surface area contributed by atoms with Crippen LogP contribution in [0.1, 0.15) is 18.9 Å². The summed E-state index contributed by atoms with van der Waals surface area (Å²) < 4.78 is 21.3. The number of para-hydroxylation sites is 1. The predicted molar refractivity (Wildman–Crippen MR) is 127 cm³/mol. The van der Waals surface area contributed by atoms with Gasteiger partial charge in [0.1, 0.15) is 16.4 Å². The maximum atomic E-state index is 13.9. The number of nitrogens with zero attached hydrogens (tertiary/aromatic N) is 4. The number of fused-ring (bicyclic) bond motifs is 1. The van der Waals surface area contributed by atoms with Gasteiger partial charge in [0.2, 0.25) is 0 Å². The average Bonchev–Trinajstić information content (AvgIpc) is 3.17. The van der Waals surface area contributed by atoms with Crippen molar-refractivity contribution < 1.29 is 9.13 Å². The molecule has 1 unspecified atom stereocenters. The first-order chi connectivity index (χ1) is 16.5. The van der Waals surface area contributed by atoms with E-state index in [4.69, 9.17) is 22.1 Å². The second kappa shape index (κ2) is 8.72. The third-order valence-corrected chi connectivity index (χ3v) is 6.38. The molecule has 4 aromatic rings. The molecule has 2 aromatic heterocycles. The van der Waals surface area contributed by atoms with E-state index in [-0.39, 0.29) is 17.6 Å². The van der Waals surface area contributed by atoms with Crippen molar-refractivity contribution in [1.82, 2.24) is 19.7 Å². The zero-order valence-corrected chi connectivity index (χ0v) is 18.7. The monoisotopic (exact) mass is 478 g/mol. The molecular formula is C24H20ClFN6O2. The molecule has 1 fully saturated rings. The third kappa shape index (κ3) is 3.72. The van der Waals surface area contributed by atoms with Gasteiger partial charge in [-0.1, -0.05) is 35.9 Å². The highest BCUT2D eigenvalue weighted by molar-refractivity contribution is 6.35. The van der Waals surface area contributed by atoms with Crippen molar-refractivity contribution in [2.75, 3.05) is 18.8 Å². The van der Waals surface area contributed by atoms with Crippen LogP contribution >= 0.6 is 11.6 Å². The number of hydrogen-bond acceptors (Lipinski definition) is 6. The third-order valence-electron chi connectivity index (χ3n) is 6.01. The number of rotatable bonds is 4. The fourth-order valence-corrected chi connectivity index (χ4v) is 4.89. The molecule has 0 bridgehead atoms. The van der Waals surface area contributed by atoms with Crippen LogP contribution in [-0.2, 0) is 0 Å². The number of hydrogen-bond donors (Lipinski definition) is 2. The van der Waals surface area contributed by atoms with E-state index in [1.165, 1.54) is 6.07 Å². The molecule has 5 rings (SSSR count). The summed E-state index contributed by atoms with van der Waals surface area (Å²) in [5.41, 5.74) is 7.37. The number of ether oxygens (including phenoxy) is 1. The number of nitrogen functional groups attached to an aromatic ring is 1. The number of nitrogens with one attached hydrogen (secondary N) is 1. The van der Waals surface area contributed by atoms with E-state index in [1.807, 2.05) is 0 Å². The number of H-pyrrole nitrogens is 1. The Kier molecular flexibility index (Phi) is 5.59. The molecule has 0 saturated carbocycles. The number of nitriles is 1. The number of halogens is 2. The Hall–Kier alpha value is -4.03. The van der Waals surface area contributed by atoms with Gasteiger partial charge in [-0.05, 0) is 42.7 Å². The Morgan fingerprint density at radius 3 is 2.74 bits per heavy atom. The zero-order valence-electron chi connectivity index (χ0n) is 18.0. The fourth-order valence-electron chi connectivity index (χ4n) is 4.46. The van der Waals surface area contributed by atoms with Crippen LogP contribution < -0.4 is 16.0 Å². The molecule has 10 heteroatoms. The van der Waals surface area contributed by atoms with E-state index >= 15 is 0 Å². The van der Waals surface area contributed by atoms with Gasteiger partial charge in [0.25, 0.3) is 5.56 Å². The Bertz CT molecular complexity index is 1470. The molecule has 172 valence electrons. The summed E-state index contributed by atoms with van der Waals surface area (Å²) in [6, 6.07) is 12.9. The first kappa shape index (κ1) is 21.8. The minimum absolute atomic E-state index is 0.115. The van der Waals surface area contributed by atoms with Crippen molar-refractivity contribution in [3.8, 4) is 28.8 Å². The van der Waals surface area contributed by atoms with Crippen molar-refractivity contribution in [3.63, 3.8) is 0 Å². The predicted octanol–water partition coefficient (Wildman–Crippen LogP) is 4.68. The molecule has 8 nitrogen and oxygen atoms in total. The topological polar surface area (TPSA) is 113 Å². The molecule has 0 radical (unpaired) electrons. The van der Waals surface area contributed by atoms with E-state index in [1.54, 1.807) is 51.9 Å². The highest BCUT2D eigenvalue weighted by Crippen LogP contribution is 2.42. The Labute approximate surface area is 198 Å². The minimum atomic E-state index is -0.463. The lowest BCUT2D eigenvalue weighted by molar-refractivity contribution is 0.248. The SMILES string of the molecule is N#CN1CCCC(n2c(Cl)c(-c3ccc(Oc4ccccc4F)cc3)c3c(N)n[nH]c(=O)c32)C1. The Morgan fingerprint density at radius 1 is 1.24 bits per heavy atom. The number of benzene rings is 2. The van der Waals surface area contributed by atoms with E-state index in [9.17, 15) is 14.4 Å². The van der Waals surface area contributed by atoms with E-state index in [0.717, 1.165) is 12.8 Å². The largest absolute Gasteiger partial charge is 0.454 e. The van der Waals surface area contributed by atoms with Crippen molar-refractivity contribution in [2.45, 2.75) is 18.9 Å². The van der Waals surface area contributed by atoms with Crippen LogP contribution in [-0.4, -0.2) is 32.8 Å². The van der Waals surface area contributed by atoms with E-state index in [0.29, 0.717) is 46.0 Å². The number of piperidine rings is 1. The molecule has 34 heavy (non-hydrogen) atoms. The van der Waals surface area contributed by atoms with Gasteiger partial charge in [-0.2, -0.15) is 10.4 Å². The number of aromatic nitrogens is 3. The molecule has 0 aliphatic carbocycles. The molecule has 1 atom stereocenters. The Morgan fingerprint density at radius 2 is 2.00 bits per heavy atom. The van der Waals surface area contributed by atoms with Gasteiger partial charge in [-0.15, -0.1) is 0 Å². The normalized spacial score (nSPS) is 15.9. The first-order valence-corrected chi connectivity index (χ1v) is 11.1. The summed E-state index contributed by atoms with van der Waals surface area (Å²) in [5.74, 6) is 0.235. The van der Waals surface area contributed by atoms with Crippen LogP contribution in [0.3, 0.4) is 0 Å². The molecule has 0 amide bonds. The van der Waals surface area contributed by atoms with Gasteiger partial charge in [0.15, 0.2) is 23.6 Å². The van der Waals surface area contributed by atoms with Crippen LogP contribution in [0.25, 0.3) is 22.0 Å². The highest BCUT2D eigenvalue weighted by atomic mass is 35.5. The van der Waals surface area contributed by atoms with Crippen LogP contribution in [0.2, 0.25) is 5.15 Å². The quantitative estimate of drug-likeness (QED) is 0.412. The van der Waals surface area contributed by atoms with Crippen LogP contribution in [0.4, 0.5) is 10.2 Å². The Balaban J connectivity index is 1.61. The summed E-state index contributed by atoms with van der Waals surface area (Å²) in [7, 11) is 0. The van der Waals surface area contributed by atoms with Crippen molar-refractivity contribution >= 4 is 28.3 Å². The van der Waals surface area contributed by atoms with Gasteiger partial charge < -0.3 is 19.9 Å².